The molecule has 0 amide bonds. The van der Waals surface area contributed by atoms with Crippen LogP contribution in [0.3, 0.4) is 0 Å². The average molecular weight is 884 g/mol. The lowest BCUT2D eigenvalue weighted by molar-refractivity contribution is 0.124. The molecule has 0 radical (unpaired) electrons. The molecule has 0 heterocycles. The molecule has 10 saturated carbocycles. The molecule has 0 aromatic heterocycles. The standard InChI is InChI=1S/C11H20.4C8H14.5C4H10/c1-3-7-11(8-4-1)9-5-2-6-10-11;4*1-2-5-8(4-1)6-3-7-8;5*1-4(2)3/h1-10H2;4*1-7H2;5*4H,1-3H3. The summed E-state index contributed by atoms with van der Waals surface area (Å²) < 4.78 is 0. The molecule has 0 unspecified atom stereocenters. The van der Waals surface area contributed by atoms with E-state index in [0.717, 1.165) is 56.7 Å². The van der Waals surface area contributed by atoms with E-state index in [1.165, 1.54) is 116 Å². The van der Waals surface area contributed by atoms with E-state index in [1.54, 1.807) is 128 Å². The lowest BCUT2D eigenvalue weighted by Crippen LogP contribution is -2.26. The highest BCUT2D eigenvalue weighted by atomic mass is 14.5. The largest absolute Gasteiger partial charge is 0.0630 e. The highest BCUT2D eigenvalue weighted by Gasteiger charge is 2.41. The van der Waals surface area contributed by atoms with Crippen LogP contribution in [-0.2, 0) is 0 Å². The van der Waals surface area contributed by atoms with E-state index in [2.05, 4.69) is 104 Å². The van der Waals surface area contributed by atoms with Crippen molar-refractivity contribution in [1.82, 2.24) is 0 Å². The first-order chi connectivity index (χ1) is 29.7. The molecule has 0 aromatic carbocycles. The van der Waals surface area contributed by atoms with Gasteiger partial charge in [-0.1, -0.05) is 219 Å². The molecule has 10 rings (SSSR count). The highest BCUT2D eigenvalue weighted by molar-refractivity contribution is 4.93. The highest BCUT2D eigenvalue weighted by Crippen LogP contribution is 2.55. The molecule has 5 spiro atoms. The van der Waals surface area contributed by atoms with Gasteiger partial charge in [-0.15, -0.1) is 0 Å². The van der Waals surface area contributed by atoms with Crippen molar-refractivity contribution in [2.45, 2.75) is 348 Å². The lowest BCUT2D eigenvalue weighted by atomic mass is 9.65. The van der Waals surface area contributed by atoms with Gasteiger partial charge < -0.3 is 0 Å². The summed E-state index contributed by atoms with van der Waals surface area (Å²) in [6.07, 6.45) is 58.7. The second-order valence-electron chi connectivity index (χ2n) is 27.5. The van der Waals surface area contributed by atoms with Crippen molar-refractivity contribution in [3.05, 3.63) is 0 Å². The van der Waals surface area contributed by atoms with Gasteiger partial charge in [-0.25, -0.2) is 0 Å². The zero-order valence-electron chi connectivity index (χ0n) is 47.3. The monoisotopic (exact) mass is 883 g/mol. The molecule has 0 aliphatic heterocycles. The van der Waals surface area contributed by atoms with Crippen LogP contribution in [0.15, 0.2) is 0 Å². The van der Waals surface area contributed by atoms with Crippen LogP contribution >= 0.6 is 0 Å². The zero-order valence-corrected chi connectivity index (χ0v) is 47.3. The van der Waals surface area contributed by atoms with Gasteiger partial charge in [0.15, 0.2) is 0 Å². The van der Waals surface area contributed by atoms with E-state index in [0.29, 0.717) is 0 Å². The van der Waals surface area contributed by atoms with Gasteiger partial charge in [0.05, 0.1) is 0 Å². The molecule has 0 bridgehead atoms. The van der Waals surface area contributed by atoms with E-state index in [1.807, 2.05) is 0 Å². The van der Waals surface area contributed by atoms with Gasteiger partial charge in [-0.3, -0.25) is 0 Å². The summed E-state index contributed by atoms with van der Waals surface area (Å²) in [5.74, 6) is 4.17. The van der Waals surface area contributed by atoms with E-state index >= 15 is 0 Å². The van der Waals surface area contributed by atoms with Crippen LogP contribution in [-0.4, -0.2) is 0 Å². The molecular formula is C63H126. The predicted molar refractivity (Wildman–Crippen MR) is 290 cm³/mol. The van der Waals surface area contributed by atoms with Crippen molar-refractivity contribution < 1.29 is 0 Å². The molecule has 0 atom stereocenters. The Morgan fingerprint density at radius 1 is 0.143 bits per heavy atom. The molecule has 63 heavy (non-hydrogen) atoms. The third-order valence-electron chi connectivity index (χ3n) is 16.1. The number of hydrogen-bond acceptors (Lipinski definition) is 0. The maximum absolute atomic E-state index is 2.17. The second kappa shape index (κ2) is 33.5. The van der Waals surface area contributed by atoms with Gasteiger partial charge in [0.1, 0.15) is 0 Å². The van der Waals surface area contributed by atoms with Crippen LogP contribution in [0.25, 0.3) is 0 Å². The topological polar surface area (TPSA) is 0 Å². The lowest BCUT2D eigenvalue weighted by Gasteiger charge is -2.40. The maximum atomic E-state index is 2.17. The fraction of sp³-hybridized carbons (Fsp3) is 1.00. The van der Waals surface area contributed by atoms with Gasteiger partial charge in [0.2, 0.25) is 0 Å². The molecule has 0 nitrogen and oxygen atoms in total. The third-order valence-corrected chi connectivity index (χ3v) is 16.1. The van der Waals surface area contributed by atoms with Crippen LogP contribution in [0.2, 0.25) is 0 Å². The smallest absolute Gasteiger partial charge is 0.0297 e. The summed E-state index contributed by atoms with van der Waals surface area (Å²) in [5.41, 5.74) is 4.52. The zero-order chi connectivity index (χ0) is 47.3. The molecule has 0 aromatic rings. The van der Waals surface area contributed by atoms with Crippen molar-refractivity contribution in [2.24, 2.45) is 56.7 Å². The Bertz CT molecular complexity index is 806. The molecule has 0 saturated heterocycles. The van der Waals surface area contributed by atoms with Crippen LogP contribution in [0.5, 0.6) is 0 Å². The van der Waals surface area contributed by atoms with Crippen molar-refractivity contribution in [2.75, 3.05) is 0 Å². The summed E-state index contributed by atoms with van der Waals surface area (Å²) in [5, 5.41) is 0. The Labute approximate surface area is 402 Å². The first-order valence-electron chi connectivity index (χ1n) is 29.7. The van der Waals surface area contributed by atoms with Crippen molar-refractivity contribution in [3.63, 3.8) is 0 Å². The number of hydrogen-bond donors (Lipinski definition) is 0. The van der Waals surface area contributed by atoms with E-state index < -0.39 is 0 Å². The Hall–Kier alpha value is 0. The van der Waals surface area contributed by atoms with E-state index in [9.17, 15) is 0 Å². The molecule has 10 fully saturated rings. The Kier molecular flexibility index (Phi) is 32.4. The minimum absolute atomic E-state index is 0.833. The summed E-state index contributed by atoms with van der Waals surface area (Å²) in [7, 11) is 0. The van der Waals surface area contributed by atoms with E-state index in [4.69, 9.17) is 0 Å². The predicted octanol–water partition coefficient (Wildman–Crippen LogP) is 23.1. The fourth-order valence-corrected chi connectivity index (χ4v) is 12.3. The van der Waals surface area contributed by atoms with Gasteiger partial charge in [-0.05, 0) is 185 Å². The Morgan fingerprint density at radius 2 is 0.222 bits per heavy atom. The first-order valence-corrected chi connectivity index (χ1v) is 29.7. The second-order valence-corrected chi connectivity index (χ2v) is 27.5. The third kappa shape index (κ3) is 28.8. The van der Waals surface area contributed by atoms with Crippen LogP contribution < -0.4 is 0 Å². The Balaban J connectivity index is 0.000000359. The first kappa shape index (κ1) is 61.0. The quantitative estimate of drug-likeness (QED) is 0.227. The van der Waals surface area contributed by atoms with Gasteiger partial charge in [-0.2, -0.15) is 0 Å². The van der Waals surface area contributed by atoms with Gasteiger partial charge in [0, 0.05) is 0 Å². The molecule has 0 heteroatoms. The molecule has 10 aliphatic rings. The summed E-state index contributed by atoms with van der Waals surface area (Å²) in [6.45, 7) is 32.5. The maximum Gasteiger partial charge on any atom is -0.0297 e. The van der Waals surface area contributed by atoms with Crippen molar-refractivity contribution in [1.29, 1.82) is 0 Å². The SMILES string of the molecule is C1CCC2(C1)CCC2.C1CCC2(C1)CCC2.C1CCC2(C1)CCC2.C1CCC2(C1)CCC2.C1CCC2(CC1)CCCCC2.CC(C)C.CC(C)C.CC(C)C.CC(C)C.CC(C)C. The van der Waals surface area contributed by atoms with Crippen LogP contribution in [0.1, 0.15) is 348 Å². The van der Waals surface area contributed by atoms with E-state index in [-0.39, 0.29) is 0 Å². The fourth-order valence-electron chi connectivity index (χ4n) is 12.3. The summed E-state index contributed by atoms with van der Waals surface area (Å²) in [4.78, 5) is 0. The summed E-state index contributed by atoms with van der Waals surface area (Å²) in [6, 6.07) is 0. The van der Waals surface area contributed by atoms with Crippen molar-refractivity contribution in [3.8, 4) is 0 Å². The van der Waals surface area contributed by atoms with Crippen LogP contribution in [0.4, 0.5) is 0 Å². The van der Waals surface area contributed by atoms with Crippen molar-refractivity contribution >= 4 is 0 Å². The Morgan fingerprint density at radius 3 is 0.302 bits per heavy atom. The van der Waals surface area contributed by atoms with Crippen LogP contribution in [0, 0.1) is 56.7 Å². The average Bonchev–Trinajstić information content (AvgIpc) is 3.98. The van der Waals surface area contributed by atoms with Gasteiger partial charge in [0.25, 0.3) is 0 Å². The molecule has 0 N–H and O–H groups in total. The van der Waals surface area contributed by atoms with Gasteiger partial charge >= 0.3 is 0 Å². The minimum atomic E-state index is 0.833. The molecule has 10 aliphatic carbocycles. The molecular weight excluding hydrogens is 757 g/mol. The number of rotatable bonds is 0. The normalized spacial score (nSPS) is 25.0. The summed E-state index contributed by atoms with van der Waals surface area (Å²) >= 11 is 0. The minimum Gasteiger partial charge on any atom is -0.0630 e. The molecule has 378 valence electrons.